The van der Waals surface area contributed by atoms with Gasteiger partial charge in [-0.1, -0.05) is 46.1 Å². The van der Waals surface area contributed by atoms with Crippen LogP contribution in [0.5, 0.6) is 0 Å². The third-order valence-electron chi connectivity index (χ3n) is 2.97. The van der Waals surface area contributed by atoms with Crippen LogP contribution in [0.1, 0.15) is 26.2 Å². The molecule has 0 bridgehead atoms. The van der Waals surface area contributed by atoms with E-state index in [1.807, 2.05) is 12.1 Å². The van der Waals surface area contributed by atoms with E-state index in [-0.39, 0.29) is 0 Å². The maximum absolute atomic E-state index is 6.18. The Morgan fingerprint density at radius 2 is 1.94 bits per heavy atom. The molecule has 0 aliphatic heterocycles. The van der Waals surface area contributed by atoms with E-state index in [0.717, 1.165) is 22.5 Å². The molecule has 0 spiro atoms. The van der Waals surface area contributed by atoms with Crippen molar-refractivity contribution in [3.63, 3.8) is 0 Å². The Balaban J connectivity index is 2.19. The van der Waals surface area contributed by atoms with Gasteiger partial charge in [0.1, 0.15) is 0 Å². The molecule has 1 N–H and O–H groups in total. The summed E-state index contributed by atoms with van der Waals surface area (Å²) >= 11 is 15.7. The van der Waals surface area contributed by atoms with Crippen LogP contribution in [0.25, 0.3) is 0 Å². The molecule has 1 aromatic carbocycles. The molecule has 2 rings (SSSR count). The summed E-state index contributed by atoms with van der Waals surface area (Å²) in [5.41, 5.74) is 0.866. The number of benzene rings is 1. The van der Waals surface area contributed by atoms with Crippen molar-refractivity contribution >= 4 is 44.8 Å². The molecular formula is C12H14BrCl2N. The SMILES string of the molecule is CCC(Nc1c(Cl)cc(Br)cc1Cl)C1CC1. The van der Waals surface area contributed by atoms with Gasteiger partial charge in [-0.2, -0.15) is 0 Å². The Morgan fingerprint density at radius 1 is 1.38 bits per heavy atom. The van der Waals surface area contributed by atoms with Gasteiger partial charge in [0, 0.05) is 10.5 Å². The van der Waals surface area contributed by atoms with Gasteiger partial charge < -0.3 is 5.32 Å². The Bertz CT molecular complexity index is 368. The highest BCUT2D eigenvalue weighted by molar-refractivity contribution is 9.10. The predicted octanol–water partition coefficient (Wildman–Crippen LogP) is 5.36. The van der Waals surface area contributed by atoms with Crippen molar-refractivity contribution in [2.75, 3.05) is 5.32 Å². The van der Waals surface area contributed by atoms with Gasteiger partial charge in [0.2, 0.25) is 0 Å². The molecule has 16 heavy (non-hydrogen) atoms. The Hall–Kier alpha value is 0.0800. The Morgan fingerprint density at radius 3 is 2.38 bits per heavy atom. The summed E-state index contributed by atoms with van der Waals surface area (Å²) in [6, 6.07) is 4.24. The lowest BCUT2D eigenvalue weighted by molar-refractivity contribution is 0.616. The monoisotopic (exact) mass is 321 g/mol. The average molecular weight is 323 g/mol. The Labute approximate surface area is 115 Å². The maximum atomic E-state index is 6.18. The molecule has 1 aliphatic rings. The first kappa shape index (κ1) is 12.5. The number of hydrogen-bond donors (Lipinski definition) is 1. The van der Waals surface area contributed by atoms with Crippen LogP contribution in [0.4, 0.5) is 5.69 Å². The number of anilines is 1. The molecule has 4 heteroatoms. The van der Waals surface area contributed by atoms with E-state index in [9.17, 15) is 0 Å². The highest BCUT2D eigenvalue weighted by atomic mass is 79.9. The largest absolute Gasteiger partial charge is 0.380 e. The van der Waals surface area contributed by atoms with Crippen LogP contribution >= 0.6 is 39.1 Å². The average Bonchev–Trinajstić information content (AvgIpc) is 3.00. The number of halogens is 3. The third kappa shape index (κ3) is 2.85. The van der Waals surface area contributed by atoms with Gasteiger partial charge in [0.15, 0.2) is 0 Å². The first-order valence-electron chi connectivity index (χ1n) is 5.53. The molecule has 1 saturated carbocycles. The van der Waals surface area contributed by atoms with Crippen molar-refractivity contribution in [2.24, 2.45) is 5.92 Å². The van der Waals surface area contributed by atoms with Crippen LogP contribution in [-0.4, -0.2) is 6.04 Å². The molecule has 88 valence electrons. The summed E-state index contributed by atoms with van der Waals surface area (Å²) in [6.07, 6.45) is 3.74. The molecule has 1 atom stereocenters. The third-order valence-corrected chi connectivity index (χ3v) is 4.02. The second-order valence-electron chi connectivity index (χ2n) is 4.24. The summed E-state index contributed by atoms with van der Waals surface area (Å²) < 4.78 is 0.910. The van der Waals surface area contributed by atoms with Gasteiger partial charge in [0.05, 0.1) is 15.7 Å². The molecule has 0 radical (unpaired) electrons. The normalized spacial score (nSPS) is 17.2. The smallest absolute Gasteiger partial charge is 0.0721 e. The van der Waals surface area contributed by atoms with Gasteiger partial charge in [0.25, 0.3) is 0 Å². The Kier molecular flexibility index (Phi) is 4.04. The minimum Gasteiger partial charge on any atom is -0.380 e. The van der Waals surface area contributed by atoms with E-state index in [1.54, 1.807) is 0 Å². The number of hydrogen-bond acceptors (Lipinski definition) is 1. The lowest BCUT2D eigenvalue weighted by atomic mass is 10.1. The van der Waals surface area contributed by atoms with Gasteiger partial charge in [-0.25, -0.2) is 0 Å². The molecule has 0 amide bonds. The fraction of sp³-hybridized carbons (Fsp3) is 0.500. The van der Waals surface area contributed by atoms with Crippen LogP contribution in [0.15, 0.2) is 16.6 Å². The van der Waals surface area contributed by atoms with Gasteiger partial charge >= 0.3 is 0 Å². The topological polar surface area (TPSA) is 12.0 Å². The molecule has 1 nitrogen and oxygen atoms in total. The zero-order valence-corrected chi connectivity index (χ0v) is 12.2. The van der Waals surface area contributed by atoms with Crippen molar-refractivity contribution in [3.8, 4) is 0 Å². The summed E-state index contributed by atoms with van der Waals surface area (Å²) in [4.78, 5) is 0. The lowest BCUT2D eigenvalue weighted by Crippen LogP contribution is -2.21. The van der Waals surface area contributed by atoms with Crippen molar-refractivity contribution in [1.29, 1.82) is 0 Å². The number of rotatable bonds is 4. The van der Waals surface area contributed by atoms with Gasteiger partial charge in [-0.05, 0) is 37.3 Å². The standard InChI is InChI=1S/C12H14BrCl2N/c1-2-11(7-3-4-7)16-12-9(14)5-8(13)6-10(12)15/h5-7,11,16H,2-4H2,1H3. The molecule has 1 aromatic rings. The fourth-order valence-corrected chi connectivity index (χ4v) is 3.23. The molecular weight excluding hydrogens is 309 g/mol. The molecule has 0 heterocycles. The lowest BCUT2D eigenvalue weighted by Gasteiger charge is -2.19. The van der Waals surface area contributed by atoms with Crippen molar-refractivity contribution in [1.82, 2.24) is 0 Å². The first-order valence-corrected chi connectivity index (χ1v) is 7.07. The highest BCUT2D eigenvalue weighted by Gasteiger charge is 2.30. The minimum absolute atomic E-state index is 0.496. The molecule has 0 aromatic heterocycles. The van der Waals surface area contributed by atoms with Crippen molar-refractivity contribution in [3.05, 3.63) is 26.7 Å². The molecule has 1 fully saturated rings. The van der Waals surface area contributed by atoms with Crippen LogP contribution in [0.3, 0.4) is 0 Å². The highest BCUT2D eigenvalue weighted by Crippen LogP contribution is 2.39. The maximum Gasteiger partial charge on any atom is 0.0721 e. The zero-order chi connectivity index (χ0) is 11.7. The van der Waals surface area contributed by atoms with Gasteiger partial charge in [-0.15, -0.1) is 0 Å². The van der Waals surface area contributed by atoms with E-state index in [4.69, 9.17) is 23.2 Å². The quantitative estimate of drug-likeness (QED) is 0.787. The molecule has 0 saturated heterocycles. The van der Waals surface area contributed by atoms with Crippen LogP contribution < -0.4 is 5.32 Å². The van der Waals surface area contributed by atoms with E-state index in [1.165, 1.54) is 12.8 Å². The van der Waals surface area contributed by atoms with Crippen LogP contribution in [-0.2, 0) is 0 Å². The fourth-order valence-electron chi connectivity index (χ4n) is 1.92. The number of nitrogens with one attached hydrogen (secondary N) is 1. The second-order valence-corrected chi connectivity index (χ2v) is 5.97. The van der Waals surface area contributed by atoms with Crippen LogP contribution in [0, 0.1) is 5.92 Å². The molecule has 1 unspecified atom stereocenters. The second kappa shape index (κ2) is 5.16. The zero-order valence-electron chi connectivity index (χ0n) is 9.06. The van der Waals surface area contributed by atoms with Crippen LogP contribution in [0.2, 0.25) is 10.0 Å². The van der Waals surface area contributed by atoms with E-state index >= 15 is 0 Å². The van der Waals surface area contributed by atoms with Gasteiger partial charge in [-0.3, -0.25) is 0 Å². The van der Waals surface area contributed by atoms with Crippen molar-refractivity contribution in [2.45, 2.75) is 32.2 Å². The summed E-state index contributed by atoms with van der Waals surface area (Å²) in [6.45, 7) is 2.19. The van der Waals surface area contributed by atoms with E-state index < -0.39 is 0 Å². The summed E-state index contributed by atoms with van der Waals surface area (Å²) in [5.74, 6) is 0.792. The first-order chi connectivity index (χ1) is 7.61. The minimum atomic E-state index is 0.496. The molecule has 1 aliphatic carbocycles. The van der Waals surface area contributed by atoms with E-state index in [2.05, 4.69) is 28.2 Å². The summed E-state index contributed by atoms with van der Waals surface area (Å²) in [7, 11) is 0. The predicted molar refractivity (Wildman–Crippen MR) is 74.6 cm³/mol. The van der Waals surface area contributed by atoms with Crippen molar-refractivity contribution < 1.29 is 0 Å². The summed E-state index contributed by atoms with van der Waals surface area (Å²) in [5, 5.41) is 4.83. The van der Waals surface area contributed by atoms with E-state index in [0.29, 0.717) is 16.1 Å².